The van der Waals surface area contributed by atoms with Crippen LogP contribution >= 0.6 is 0 Å². The first kappa shape index (κ1) is 12.6. The molecule has 0 aliphatic rings. The second-order valence-corrected chi connectivity index (χ2v) is 3.59. The fraction of sp³-hybridized carbons (Fsp3) is 0.500. The molecular formula is C10H12F3NO2. The van der Waals surface area contributed by atoms with E-state index in [0.717, 1.165) is 12.4 Å². The summed E-state index contributed by atoms with van der Waals surface area (Å²) in [6.45, 7) is 3.55. The van der Waals surface area contributed by atoms with Crippen molar-refractivity contribution in [3.8, 4) is 0 Å². The second kappa shape index (κ2) is 4.19. The summed E-state index contributed by atoms with van der Waals surface area (Å²) in [4.78, 5) is 10.7. The number of hydrogen-bond acceptors (Lipinski definition) is 1. The van der Waals surface area contributed by atoms with Crippen molar-refractivity contribution in [1.82, 2.24) is 4.57 Å². The van der Waals surface area contributed by atoms with Crippen LogP contribution in [0, 0.1) is 0 Å². The summed E-state index contributed by atoms with van der Waals surface area (Å²) < 4.78 is 38.8. The summed E-state index contributed by atoms with van der Waals surface area (Å²) in [5.41, 5.74) is -1.80. The van der Waals surface area contributed by atoms with Gasteiger partial charge in [-0.2, -0.15) is 13.2 Å². The van der Waals surface area contributed by atoms with Gasteiger partial charge < -0.3 is 9.67 Å². The van der Waals surface area contributed by atoms with Crippen molar-refractivity contribution in [2.45, 2.75) is 32.5 Å². The van der Waals surface area contributed by atoms with Crippen LogP contribution in [-0.4, -0.2) is 15.6 Å². The summed E-state index contributed by atoms with van der Waals surface area (Å²) in [5.74, 6) is -1.56. The highest BCUT2D eigenvalue weighted by atomic mass is 19.4. The minimum absolute atomic E-state index is 0.158. The number of rotatable bonds is 3. The van der Waals surface area contributed by atoms with E-state index in [1.165, 1.54) is 4.57 Å². The Bertz CT molecular complexity index is 395. The average Bonchev–Trinajstić information content (AvgIpc) is 2.60. The molecule has 0 saturated carbocycles. The number of carboxylic acids is 1. The molecule has 90 valence electrons. The van der Waals surface area contributed by atoms with E-state index in [1.807, 2.05) is 6.92 Å². The second-order valence-electron chi connectivity index (χ2n) is 3.59. The van der Waals surface area contributed by atoms with Gasteiger partial charge >= 0.3 is 12.1 Å². The summed E-state index contributed by atoms with van der Waals surface area (Å²) in [6.07, 6.45) is -2.13. The molecule has 0 bridgehead atoms. The normalized spacial score (nSPS) is 13.8. The van der Waals surface area contributed by atoms with E-state index in [9.17, 15) is 18.0 Å². The highest BCUT2D eigenvalue weighted by molar-refractivity contribution is 5.89. The summed E-state index contributed by atoms with van der Waals surface area (Å²) in [7, 11) is 0. The Morgan fingerprint density at radius 2 is 2.06 bits per heavy atom. The van der Waals surface area contributed by atoms with Gasteiger partial charge in [-0.1, -0.05) is 6.92 Å². The van der Waals surface area contributed by atoms with Crippen LogP contribution in [0.15, 0.2) is 12.4 Å². The molecule has 1 heterocycles. The zero-order valence-corrected chi connectivity index (χ0v) is 8.88. The number of hydrogen-bond donors (Lipinski definition) is 1. The Morgan fingerprint density at radius 3 is 2.38 bits per heavy atom. The molecule has 0 aliphatic heterocycles. The summed E-state index contributed by atoms with van der Waals surface area (Å²) in [5, 5.41) is 8.68. The quantitative estimate of drug-likeness (QED) is 0.874. The Morgan fingerprint density at radius 1 is 1.50 bits per heavy atom. The molecule has 0 aromatic carbocycles. The SMILES string of the molecule is CCC(C)n1cc(C(=O)O)c(C(F)(F)F)c1. The number of nitrogens with zero attached hydrogens (tertiary/aromatic N) is 1. The largest absolute Gasteiger partial charge is 0.478 e. The van der Waals surface area contributed by atoms with Crippen molar-refractivity contribution in [2.24, 2.45) is 0 Å². The molecule has 3 nitrogen and oxygen atoms in total. The lowest BCUT2D eigenvalue weighted by atomic mass is 10.2. The lowest BCUT2D eigenvalue weighted by Gasteiger charge is -2.10. The topological polar surface area (TPSA) is 42.2 Å². The van der Waals surface area contributed by atoms with E-state index in [0.29, 0.717) is 6.42 Å². The minimum Gasteiger partial charge on any atom is -0.478 e. The Labute approximate surface area is 90.5 Å². The van der Waals surface area contributed by atoms with Gasteiger partial charge in [-0.05, 0) is 13.3 Å². The maximum absolute atomic E-state index is 12.5. The van der Waals surface area contributed by atoms with Crippen LogP contribution in [0.4, 0.5) is 13.2 Å². The zero-order valence-electron chi connectivity index (χ0n) is 8.88. The Kier molecular flexibility index (Phi) is 3.30. The number of carbonyl (C=O) groups is 1. The molecule has 1 rings (SSSR count). The Balaban J connectivity index is 3.26. The number of aromatic carboxylic acids is 1. The fourth-order valence-electron chi connectivity index (χ4n) is 1.34. The highest BCUT2D eigenvalue weighted by Crippen LogP contribution is 2.33. The van der Waals surface area contributed by atoms with Crippen LogP contribution in [0.25, 0.3) is 0 Å². The van der Waals surface area contributed by atoms with E-state index in [1.54, 1.807) is 6.92 Å². The number of halogens is 3. The van der Waals surface area contributed by atoms with E-state index in [4.69, 9.17) is 5.11 Å². The number of carboxylic acid groups (broad SMARTS) is 1. The van der Waals surface area contributed by atoms with Crippen molar-refractivity contribution in [1.29, 1.82) is 0 Å². The third-order valence-electron chi connectivity index (χ3n) is 2.48. The maximum atomic E-state index is 12.5. The Hall–Kier alpha value is -1.46. The maximum Gasteiger partial charge on any atom is 0.418 e. The molecular weight excluding hydrogens is 223 g/mol. The molecule has 1 atom stereocenters. The van der Waals surface area contributed by atoms with E-state index in [2.05, 4.69) is 0 Å². The minimum atomic E-state index is -4.63. The van der Waals surface area contributed by atoms with Gasteiger partial charge in [0, 0.05) is 18.4 Å². The lowest BCUT2D eigenvalue weighted by Crippen LogP contribution is -2.09. The summed E-state index contributed by atoms with van der Waals surface area (Å²) in [6, 6.07) is -0.158. The van der Waals surface area contributed by atoms with Crippen molar-refractivity contribution >= 4 is 5.97 Å². The molecule has 16 heavy (non-hydrogen) atoms. The standard InChI is InChI=1S/C10H12F3NO2/c1-3-6(2)14-4-7(9(15)16)8(5-14)10(11,12)13/h4-6H,3H2,1-2H3,(H,15,16). The van der Waals surface area contributed by atoms with Crippen molar-refractivity contribution in [3.05, 3.63) is 23.5 Å². The van der Waals surface area contributed by atoms with Crippen LogP contribution in [0.3, 0.4) is 0 Å². The van der Waals surface area contributed by atoms with Gasteiger partial charge in [-0.15, -0.1) is 0 Å². The van der Waals surface area contributed by atoms with Gasteiger partial charge in [0.25, 0.3) is 0 Å². The van der Waals surface area contributed by atoms with Crippen LogP contribution in [0.5, 0.6) is 0 Å². The van der Waals surface area contributed by atoms with Crippen molar-refractivity contribution < 1.29 is 23.1 Å². The van der Waals surface area contributed by atoms with E-state index in [-0.39, 0.29) is 6.04 Å². The predicted molar refractivity (Wildman–Crippen MR) is 51.4 cm³/mol. The molecule has 1 N–H and O–H groups in total. The monoisotopic (exact) mass is 235 g/mol. The van der Waals surface area contributed by atoms with Gasteiger partial charge in [0.1, 0.15) is 0 Å². The van der Waals surface area contributed by atoms with E-state index >= 15 is 0 Å². The molecule has 1 unspecified atom stereocenters. The molecule has 1 aromatic rings. The smallest absolute Gasteiger partial charge is 0.418 e. The van der Waals surface area contributed by atoms with Crippen LogP contribution in [0.2, 0.25) is 0 Å². The average molecular weight is 235 g/mol. The van der Waals surface area contributed by atoms with Crippen molar-refractivity contribution in [3.63, 3.8) is 0 Å². The molecule has 0 radical (unpaired) electrons. The molecule has 6 heteroatoms. The first-order valence-corrected chi connectivity index (χ1v) is 4.79. The lowest BCUT2D eigenvalue weighted by molar-refractivity contribution is -0.138. The molecule has 0 amide bonds. The van der Waals surface area contributed by atoms with Crippen LogP contribution in [0.1, 0.15) is 42.2 Å². The molecule has 0 saturated heterocycles. The van der Waals surface area contributed by atoms with Gasteiger partial charge in [-0.3, -0.25) is 0 Å². The highest BCUT2D eigenvalue weighted by Gasteiger charge is 2.37. The molecule has 0 fully saturated rings. The van der Waals surface area contributed by atoms with Gasteiger partial charge in [-0.25, -0.2) is 4.79 Å². The number of aromatic nitrogens is 1. The van der Waals surface area contributed by atoms with Gasteiger partial charge in [0.15, 0.2) is 0 Å². The fourth-order valence-corrected chi connectivity index (χ4v) is 1.34. The first-order valence-electron chi connectivity index (χ1n) is 4.79. The van der Waals surface area contributed by atoms with Crippen LogP contribution < -0.4 is 0 Å². The third kappa shape index (κ3) is 2.37. The third-order valence-corrected chi connectivity index (χ3v) is 2.48. The van der Waals surface area contributed by atoms with Crippen LogP contribution in [-0.2, 0) is 6.18 Å². The van der Waals surface area contributed by atoms with Crippen molar-refractivity contribution in [2.75, 3.05) is 0 Å². The van der Waals surface area contributed by atoms with Gasteiger partial charge in [0.05, 0.1) is 11.1 Å². The molecule has 0 aliphatic carbocycles. The summed E-state index contributed by atoms with van der Waals surface area (Å²) >= 11 is 0. The first-order chi connectivity index (χ1) is 7.27. The van der Waals surface area contributed by atoms with Gasteiger partial charge in [0.2, 0.25) is 0 Å². The molecule has 1 aromatic heterocycles. The van der Waals surface area contributed by atoms with E-state index < -0.39 is 23.3 Å². The number of alkyl halides is 3. The predicted octanol–water partition coefficient (Wildman–Crippen LogP) is 3.18. The molecule has 0 spiro atoms. The zero-order chi connectivity index (χ0) is 12.5.